The van der Waals surface area contributed by atoms with Gasteiger partial charge in [0.05, 0.1) is 19.8 Å². The number of hydrogen-bond acceptors (Lipinski definition) is 3. The van der Waals surface area contributed by atoms with Crippen LogP contribution in [0.4, 0.5) is 0 Å². The Kier molecular flexibility index (Phi) is 7.93. The van der Waals surface area contributed by atoms with Crippen LogP contribution >= 0.6 is 0 Å². The van der Waals surface area contributed by atoms with Gasteiger partial charge in [0.25, 0.3) is 0 Å². The van der Waals surface area contributed by atoms with Gasteiger partial charge in [0.1, 0.15) is 0 Å². The average molecular weight is 356 g/mol. The van der Waals surface area contributed by atoms with Crippen molar-refractivity contribution in [3.63, 3.8) is 0 Å². The molecule has 0 aromatic heterocycles. The molecule has 1 aliphatic heterocycles. The lowest BCUT2D eigenvalue weighted by Gasteiger charge is -2.36. The van der Waals surface area contributed by atoms with Gasteiger partial charge in [-0.2, -0.15) is 0 Å². The zero-order valence-electron chi connectivity index (χ0n) is 16.2. The van der Waals surface area contributed by atoms with Gasteiger partial charge in [-0.1, -0.05) is 61.7 Å². The Morgan fingerprint density at radius 1 is 0.962 bits per heavy atom. The van der Waals surface area contributed by atoms with Crippen molar-refractivity contribution in [2.45, 2.75) is 44.6 Å². The lowest BCUT2D eigenvalue weighted by atomic mass is 9.94. The highest BCUT2D eigenvalue weighted by atomic mass is 16.5. The van der Waals surface area contributed by atoms with Crippen molar-refractivity contribution in [3.8, 4) is 0 Å². The summed E-state index contributed by atoms with van der Waals surface area (Å²) in [7, 11) is 1.74. The van der Waals surface area contributed by atoms with Gasteiger partial charge in [0.2, 0.25) is 0 Å². The zero-order valence-corrected chi connectivity index (χ0v) is 16.2. The number of fused-ring (bicyclic) bond motifs is 1. The van der Waals surface area contributed by atoms with E-state index in [-0.39, 0.29) is 0 Å². The summed E-state index contributed by atoms with van der Waals surface area (Å²) < 4.78 is 10.4. The van der Waals surface area contributed by atoms with Crippen molar-refractivity contribution < 1.29 is 9.47 Å². The van der Waals surface area contributed by atoms with Crippen LogP contribution in [-0.4, -0.2) is 51.0 Å². The molecular formula is C23H33NO2. The molecule has 0 radical (unpaired) electrons. The quantitative estimate of drug-likeness (QED) is 0.795. The van der Waals surface area contributed by atoms with Gasteiger partial charge in [0.15, 0.2) is 0 Å². The molecular weight excluding hydrogens is 322 g/mol. The summed E-state index contributed by atoms with van der Waals surface area (Å²) in [5, 5.41) is 2.65. The summed E-state index contributed by atoms with van der Waals surface area (Å²) in [6.07, 6.45) is 8.20. The molecule has 1 saturated heterocycles. The molecule has 4 rings (SSSR count). The van der Waals surface area contributed by atoms with Gasteiger partial charge in [-0.15, -0.1) is 0 Å². The molecule has 2 fully saturated rings. The maximum absolute atomic E-state index is 5.35. The number of benzene rings is 2. The number of rotatable bonds is 4. The summed E-state index contributed by atoms with van der Waals surface area (Å²) in [5.41, 5.74) is 1.37. The predicted octanol–water partition coefficient (Wildman–Crippen LogP) is 4.68. The fourth-order valence-corrected chi connectivity index (χ4v) is 4.11. The van der Waals surface area contributed by atoms with Crippen molar-refractivity contribution in [2.75, 3.05) is 40.0 Å². The van der Waals surface area contributed by atoms with E-state index in [1.54, 1.807) is 7.11 Å². The number of nitrogens with zero attached hydrogens (tertiary/aromatic N) is 1. The molecule has 1 saturated carbocycles. The maximum Gasteiger partial charge on any atom is 0.0594 e. The lowest BCUT2D eigenvalue weighted by Crippen LogP contribution is -2.44. The molecule has 26 heavy (non-hydrogen) atoms. The SMILES string of the molecule is C1CCC(N2CCOCC2)CC1.COCCc1cccc2ccccc12. The van der Waals surface area contributed by atoms with Gasteiger partial charge in [-0.25, -0.2) is 0 Å². The molecule has 0 bridgehead atoms. The minimum Gasteiger partial charge on any atom is -0.384 e. The number of methoxy groups -OCH3 is 1. The molecule has 0 atom stereocenters. The second kappa shape index (κ2) is 10.7. The second-order valence-electron chi connectivity index (χ2n) is 7.32. The van der Waals surface area contributed by atoms with E-state index in [1.165, 1.54) is 61.5 Å². The molecule has 2 aliphatic rings. The molecule has 0 amide bonds. The number of ether oxygens (including phenoxy) is 2. The first-order chi connectivity index (χ1) is 12.9. The average Bonchev–Trinajstić information content (AvgIpc) is 2.74. The highest BCUT2D eigenvalue weighted by Crippen LogP contribution is 2.23. The van der Waals surface area contributed by atoms with E-state index >= 15 is 0 Å². The van der Waals surface area contributed by atoms with Crippen LogP contribution in [0.3, 0.4) is 0 Å². The van der Waals surface area contributed by atoms with Crippen molar-refractivity contribution in [1.29, 1.82) is 0 Å². The number of morpholine rings is 1. The van der Waals surface area contributed by atoms with E-state index < -0.39 is 0 Å². The van der Waals surface area contributed by atoms with Gasteiger partial charge < -0.3 is 9.47 Å². The highest BCUT2D eigenvalue weighted by Gasteiger charge is 2.22. The van der Waals surface area contributed by atoms with Crippen LogP contribution in [0.5, 0.6) is 0 Å². The molecule has 142 valence electrons. The van der Waals surface area contributed by atoms with E-state index in [0.717, 1.165) is 32.3 Å². The Morgan fingerprint density at radius 3 is 2.46 bits per heavy atom. The minimum absolute atomic E-state index is 0.786. The maximum atomic E-state index is 5.35. The minimum atomic E-state index is 0.786. The van der Waals surface area contributed by atoms with E-state index in [0.29, 0.717) is 0 Å². The van der Waals surface area contributed by atoms with Gasteiger partial charge in [-0.05, 0) is 35.6 Å². The molecule has 2 aromatic rings. The van der Waals surface area contributed by atoms with Crippen molar-refractivity contribution in [2.24, 2.45) is 0 Å². The Morgan fingerprint density at radius 2 is 1.69 bits per heavy atom. The van der Waals surface area contributed by atoms with Crippen molar-refractivity contribution in [1.82, 2.24) is 4.90 Å². The summed E-state index contributed by atoms with van der Waals surface area (Å²) in [4.78, 5) is 2.63. The van der Waals surface area contributed by atoms with Crippen LogP contribution in [0.2, 0.25) is 0 Å². The second-order valence-corrected chi connectivity index (χ2v) is 7.32. The fourth-order valence-electron chi connectivity index (χ4n) is 4.11. The van der Waals surface area contributed by atoms with E-state index in [9.17, 15) is 0 Å². The molecule has 3 nitrogen and oxygen atoms in total. The number of hydrogen-bond donors (Lipinski definition) is 0. The molecule has 1 heterocycles. The predicted molar refractivity (Wildman–Crippen MR) is 109 cm³/mol. The highest BCUT2D eigenvalue weighted by molar-refractivity contribution is 5.85. The van der Waals surface area contributed by atoms with Crippen LogP contribution in [0.25, 0.3) is 10.8 Å². The summed E-state index contributed by atoms with van der Waals surface area (Å²) in [6, 6.07) is 15.8. The third kappa shape index (κ3) is 5.54. The van der Waals surface area contributed by atoms with Crippen LogP contribution in [-0.2, 0) is 15.9 Å². The van der Waals surface area contributed by atoms with Crippen molar-refractivity contribution in [3.05, 3.63) is 48.0 Å². The summed E-state index contributed by atoms with van der Waals surface area (Å²) in [6.45, 7) is 5.04. The lowest BCUT2D eigenvalue weighted by molar-refractivity contribution is 0.00858. The van der Waals surface area contributed by atoms with Crippen LogP contribution < -0.4 is 0 Å². The van der Waals surface area contributed by atoms with Gasteiger partial charge in [0, 0.05) is 26.2 Å². The molecule has 3 heteroatoms. The fraction of sp³-hybridized carbons (Fsp3) is 0.565. The standard InChI is InChI=1S/C13H14O.C10H19NO/c1-14-10-9-12-7-4-6-11-5-2-3-8-13(11)12;1-2-4-10(5-3-1)11-6-8-12-9-7-11/h2-8H,9-10H2,1H3;10H,1-9H2. The first-order valence-electron chi connectivity index (χ1n) is 10.2. The topological polar surface area (TPSA) is 21.7 Å². The molecule has 2 aromatic carbocycles. The van der Waals surface area contributed by atoms with E-state index in [4.69, 9.17) is 9.47 Å². The van der Waals surface area contributed by atoms with Crippen molar-refractivity contribution >= 4 is 10.8 Å². The van der Waals surface area contributed by atoms with E-state index in [2.05, 4.69) is 47.4 Å². The Bertz CT molecular complexity index is 624. The third-order valence-electron chi connectivity index (χ3n) is 5.59. The largest absolute Gasteiger partial charge is 0.384 e. The smallest absolute Gasteiger partial charge is 0.0594 e. The summed E-state index contributed by atoms with van der Waals surface area (Å²) in [5.74, 6) is 0. The zero-order chi connectivity index (χ0) is 18.0. The third-order valence-corrected chi connectivity index (χ3v) is 5.59. The first kappa shape index (κ1) is 19.3. The Hall–Kier alpha value is -1.42. The van der Waals surface area contributed by atoms with Gasteiger partial charge in [-0.3, -0.25) is 4.90 Å². The Balaban J connectivity index is 0.000000152. The van der Waals surface area contributed by atoms with E-state index in [1.807, 2.05) is 0 Å². The monoisotopic (exact) mass is 355 g/mol. The summed E-state index contributed by atoms with van der Waals surface area (Å²) >= 11 is 0. The first-order valence-corrected chi connectivity index (χ1v) is 10.2. The van der Waals surface area contributed by atoms with Crippen LogP contribution in [0.15, 0.2) is 42.5 Å². The molecule has 0 unspecified atom stereocenters. The molecule has 0 N–H and O–H groups in total. The van der Waals surface area contributed by atoms with Crippen LogP contribution in [0.1, 0.15) is 37.7 Å². The Labute approximate surface area is 158 Å². The van der Waals surface area contributed by atoms with Gasteiger partial charge >= 0.3 is 0 Å². The molecule has 0 spiro atoms. The van der Waals surface area contributed by atoms with Crippen LogP contribution in [0, 0.1) is 0 Å². The molecule has 1 aliphatic carbocycles. The normalized spacial score (nSPS) is 19.1.